The van der Waals surface area contributed by atoms with Gasteiger partial charge in [0.1, 0.15) is 0 Å². The van der Waals surface area contributed by atoms with Gasteiger partial charge >= 0.3 is 0 Å². The fourth-order valence-corrected chi connectivity index (χ4v) is 3.02. The lowest BCUT2D eigenvalue weighted by Crippen LogP contribution is -2.42. The molecule has 1 saturated carbocycles. The molecule has 0 aromatic rings. The van der Waals surface area contributed by atoms with Crippen LogP contribution in [-0.2, 0) is 0 Å². The summed E-state index contributed by atoms with van der Waals surface area (Å²) in [6.45, 7) is 7.07. The summed E-state index contributed by atoms with van der Waals surface area (Å²) in [6.07, 6.45) is 6.93. The van der Waals surface area contributed by atoms with Crippen LogP contribution in [0.5, 0.6) is 0 Å². The van der Waals surface area contributed by atoms with Crippen molar-refractivity contribution in [2.24, 2.45) is 5.92 Å². The molecule has 1 N–H and O–H groups in total. The molecular formula is C15H33N3. The molecule has 2 atom stereocenters. The number of hydrogen-bond donors (Lipinski definition) is 1. The van der Waals surface area contributed by atoms with Gasteiger partial charge in [0, 0.05) is 19.1 Å². The molecule has 3 heteroatoms. The van der Waals surface area contributed by atoms with Gasteiger partial charge in [-0.05, 0) is 59.4 Å². The summed E-state index contributed by atoms with van der Waals surface area (Å²) in [4.78, 5) is 4.82. The molecule has 0 spiro atoms. The lowest BCUT2D eigenvalue weighted by atomic mass is 9.85. The first-order valence-electron chi connectivity index (χ1n) is 7.67. The van der Waals surface area contributed by atoms with E-state index >= 15 is 0 Å². The van der Waals surface area contributed by atoms with E-state index in [1.165, 1.54) is 45.2 Å². The van der Waals surface area contributed by atoms with Gasteiger partial charge in [-0.1, -0.05) is 19.8 Å². The maximum atomic E-state index is 3.56. The van der Waals surface area contributed by atoms with E-state index in [0.29, 0.717) is 0 Å². The molecule has 1 rings (SSSR count). The molecule has 0 amide bonds. The zero-order valence-electron chi connectivity index (χ0n) is 12.9. The van der Waals surface area contributed by atoms with Crippen LogP contribution < -0.4 is 5.32 Å². The molecule has 3 nitrogen and oxygen atoms in total. The Morgan fingerprint density at radius 3 is 2.39 bits per heavy atom. The van der Waals surface area contributed by atoms with E-state index in [-0.39, 0.29) is 0 Å². The number of rotatable bonds is 8. The number of hydrogen-bond acceptors (Lipinski definition) is 3. The lowest BCUT2D eigenvalue weighted by Gasteiger charge is -2.36. The highest BCUT2D eigenvalue weighted by molar-refractivity contribution is 4.79. The molecule has 0 heterocycles. The third kappa shape index (κ3) is 6.17. The van der Waals surface area contributed by atoms with E-state index in [9.17, 15) is 0 Å². The Hall–Kier alpha value is -0.120. The summed E-state index contributed by atoms with van der Waals surface area (Å²) in [5, 5.41) is 3.56. The summed E-state index contributed by atoms with van der Waals surface area (Å²) >= 11 is 0. The smallest absolute Gasteiger partial charge is 0.0118 e. The van der Waals surface area contributed by atoms with Gasteiger partial charge in [0.25, 0.3) is 0 Å². The third-order valence-electron chi connectivity index (χ3n) is 4.23. The van der Waals surface area contributed by atoms with Crippen molar-refractivity contribution in [3.05, 3.63) is 0 Å². The average molecular weight is 255 g/mol. The van der Waals surface area contributed by atoms with Crippen LogP contribution in [0.15, 0.2) is 0 Å². The van der Waals surface area contributed by atoms with Crippen LogP contribution in [0.1, 0.15) is 39.0 Å². The first kappa shape index (κ1) is 15.9. The van der Waals surface area contributed by atoms with Crippen LogP contribution in [-0.4, -0.2) is 63.2 Å². The highest BCUT2D eigenvalue weighted by Crippen LogP contribution is 2.26. The molecule has 1 aliphatic carbocycles. The van der Waals surface area contributed by atoms with Crippen LogP contribution in [0.3, 0.4) is 0 Å². The molecule has 0 radical (unpaired) electrons. The minimum absolute atomic E-state index is 0.822. The monoisotopic (exact) mass is 255 g/mol. The molecule has 0 aliphatic heterocycles. The Kier molecular flexibility index (Phi) is 7.87. The minimum atomic E-state index is 0.822. The van der Waals surface area contributed by atoms with Gasteiger partial charge < -0.3 is 15.1 Å². The fraction of sp³-hybridized carbons (Fsp3) is 1.00. The predicted octanol–water partition coefficient (Wildman–Crippen LogP) is 2.04. The van der Waals surface area contributed by atoms with Crippen molar-refractivity contribution < 1.29 is 0 Å². The van der Waals surface area contributed by atoms with Crippen molar-refractivity contribution in [3.63, 3.8) is 0 Å². The van der Waals surface area contributed by atoms with Crippen molar-refractivity contribution in [1.82, 2.24) is 15.1 Å². The first-order valence-corrected chi connectivity index (χ1v) is 7.67. The van der Waals surface area contributed by atoms with Crippen molar-refractivity contribution in [1.29, 1.82) is 0 Å². The molecule has 0 bridgehead atoms. The largest absolute Gasteiger partial charge is 0.315 e. The third-order valence-corrected chi connectivity index (χ3v) is 4.23. The predicted molar refractivity (Wildman–Crippen MR) is 80.1 cm³/mol. The summed E-state index contributed by atoms with van der Waals surface area (Å²) in [7, 11) is 6.57. The molecule has 1 fully saturated rings. The second kappa shape index (κ2) is 8.89. The van der Waals surface area contributed by atoms with Gasteiger partial charge in [0.05, 0.1) is 0 Å². The molecule has 0 aromatic carbocycles. The highest BCUT2D eigenvalue weighted by Gasteiger charge is 2.24. The van der Waals surface area contributed by atoms with Gasteiger partial charge in [-0.25, -0.2) is 0 Å². The topological polar surface area (TPSA) is 18.5 Å². The van der Waals surface area contributed by atoms with E-state index in [0.717, 1.165) is 25.0 Å². The van der Waals surface area contributed by atoms with Gasteiger partial charge in [0.15, 0.2) is 0 Å². The Bertz CT molecular complexity index is 206. The van der Waals surface area contributed by atoms with E-state index in [1.807, 2.05) is 0 Å². The van der Waals surface area contributed by atoms with Crippen LogP contribution in [0, 0.1) is 5.92 Å². The summed E-state index contributed by atoms with van der Waals surface area (Å²) in [6, 6.07) is 0.822. The van der Waals surface area contributed by atoms with Crippen LogP contribution >= 0.6 is 0 Å². The second-order valence-corrected chi connectivity index (χ2v) is 6.22. The first-order chi connectivity index (χ1) is 8.61. The Morgan fingerprint density at radius 1 is 1.00 bits per heavy atom. The van der Waals surface area contributed by atoms with Gasteiger partial charge in [-0.15, -0.1) is 0 Å². The van der Waals surface area contributed by atoms with Crippen molar-refractivity contribution >= 4 is 0 Å². The van der Waals surface area contributed by atoms with Crippen LogP contribution in [0.4, 0.5) is 0 Å². The summed E-state index contributed by atoms with van der Waals surface area (Å²) < 4.78 is 0. The van der Waals surface area contributed by atoms with E-state index in [2.05, 4.69) is 43.2 Å². The number of likely N-dealkylation sites (N-methyl/N-ethyl adjacent to an activating group) is 1. The van der Waals surface area contributed by atoms with Crippen molar-refractivity contribution in [2.75, 3.05) is 47.3 Å². The lowest BCUT2D eigenvalue weighted by molar-refractivity contribution is 0.140. The van der Waals surface area contributed by atoms with Crippen LogP contribution in [0.25, 0.3) is 0 Å². The van der Waals surface area contributed by atoms with Gasteiger partial charge in [-0.2, -0.15) is 0 Å². The fourth-order valence-electron chi connectivity index (χ4n) is 3.02. The Balaban J connectivity index is 2.04. The molecule has 0 saturated heterocycles. The second-order valence-electron chi connectivity index (χ2n) is 6.22. The molecule has 1 aliphatic rings. The van der Waals surface area contributed by atoms with Crippen LogP contribution in [0.2, 0.25) is 0 Å². The number of nitrogens with one attached hydrogen (secondary N) is 1. The molecule has 0 aromatic heterocycles. The molecule has 108 valence electrons. The normalized spacial score (nSPS) is 25.0. The quantitative estimate of drug-likeness (QED) is 0.670. The zero-order valence-corrected chi connectivity index (χ0v) is 12.9. The Morgan fingerprint density at radius 2 is 1.72 bits per heavy atom. The zero-order chi connectivity index (χ0) is 13.4. The SMILES string of the molecule is CC1CCCCC1N(C)CCNCCCN(C)C. The average Bonchev–Trinajstić information content (AvgIpc) is 2.33. The minimum Gasteiger partial charge on any atom is -0.315 e. The molecular weight excluding hydrogens is 222 g/mol. The van der Waals surface area contributed by atoms with E-state index < -0.39 is 0 Å². The molecule has 18 heavy (non-hydrogen) atoms. The number of nitrogens with zero attached hydrogens (tertiary/aromatic N) is 2. The molecule has 2 unspecified atom stereocenters. The standard InChI is InChI=1S/C15H33N3/c1-14-8-5-6-9-15(14)18(4)13-11-16-10-7-12-17(2)3/h14-16H,5-13H2,1-4H3. The summed E-state index contributed by atoms with van der Waals surface area (Å²) in [5.41, 5.74) is 0. The van der Waals surface area contributed by atoms with Gasteiger partial charge in [-0.3, -0.25) is 0 Å². The maximum Gasteiger partial charge on any atom is 0.0118 e. The van der Waals surface area contributed by atoms with E-state index in [4.69, 9.17) is 0 Å². The Labute approximate surface area is 114 Å². The highest BCUT2D eigenvalue weighted by atomic mass is 15.1. The van der Waals surface area contributed by atoms with E-state index in [1.54, 1.807) is 0 Å². The summed E-state index contributed by atoms with van der Waals surface area (Å²) in [5.74, 6) is 0.887. The van der Waals surface area contributed by atoms with Crippen molar-refractivity contribution in [3.8, 4) is 0 Å². The maximum absolute atomic E-state index is 3.56. The van der Waals surface area contributed by atoms with Crippen molar-refractivity contribution in [2.45, 2.75) is 45.1 Å². The van der Waals surface area contributed by atoms with Gasteiger partial charge in [0.2, 0.25) is 0 Å².